The lowest BCUT2D eigenvalue weighted by Crippen LogP contribution is -2.42. The Morgan fingerprint density at radius 3 is 2.86 bits per heavy atom. The number of nitrogens with one attached hydrogen (secondary N) is 1. The molecule has 2 fully saturated rings. The number of likely N-dealkylation sites (tertiary alicyclic amines) is 1. The average molecular weight is 493 g/mol. The van der Waals surface area contributed by atoms with Gasteiger partial charge in [0, 0.05) is 23.9 Å². The number of hydrogen-bond acceptors (Lipinski definition) is 5. The first-order valence-electron chi connectivity index (χ1n) is 11.6. The fourth-order valence-electron chi connectivity index (χ4n) is 5.00. The molecule has 1 aromatic heterocycles. The molecule has 6 nitrogen and oxygen atoms in total. The van der Waals surface area contributed by atoms with E-state index >= 15 is 0 Å². The van der Waals surface area contributed by atoms with E-state index in [0.29, 0.717) is 24.8 Å². The summed E-state index contributed by atoms with van der Waals surface area (Å²) in [5.41, 5.74) is 2.93. The van der Waals surface area contributed by atoms with E-state index in [1.165, 1.54) is 6.33 Å². The Bertz CT molecular complexity index is 1330. The number of benzene rings is 2. The van der Waals surface area contributed by atoms with Crippen molar-refractivity contribution in [2.75, 3.05) is 18.4 Å². The third-order valence-electron chi connectivity index (χ3n) is 7.00. The maximum absolute atomic E-state index is 14.2. The summed E-state index contributed by atoms with van der Waals surface area (Å²) in [6, 6.07) is 15.7. The van der Waals surface area contributed by atoms with Gasteiger partial charge in [-0.3, -0.25) is 0 Å². The SMILES string of the molecule is C=C(Cl)/C(F)=C(\C)Nc1ncnc2ccc(C34CC3CCN(C(=O)OCc3ccccc3)C4)cc12. The first-order chi connectivity index (χ1) is 16.9. The molecule has 8 heteroatoms. The highest BCUT2D eigenvalue weighted by Gasteiger charge is 2.58. The summed E-state index contributed by atoms with van der Waals surface area (Å²) >= 11 is 5.71. The highest BCUT2D eigenvalue weighted by Crippen LogP contribution is 2.59. The molecule has 180 valence electrons. The number of piperidine rings is 1. The lowest BCUT2D eigenvalue weighted by atomic mass is 9.88. The van der Waals surface area contributed by atoms with Crippen molar-refractivity contribution in [2.24, 2.45) is 5.92 Å². The molecular formula is C27H26ClFN4O2. The zero-order valence-corrected chi connectivity index (χ0v) is 20.2. The van der Waals surface area contributed by atoms with Crippen LogP contribution in [0, 0.1) is 5.92 Å². The summed E-state index contributed by atoms with van der Waals surface area (Å²) in [6.07, 6.45) is 3.09. The van der Waals surface area contributed by atoms with E-state index < -0.39 is 5.83 Å². The van der Waals surface area contributed by atoms with E-state index in [2.05, 4.69) is 34.0 Å². The Labute approximate surface area is 208 Å². The van der Waals surface area contributed by atoms with E-state index in [1.807, 2.05) is 41.3 Å². The molecule has 5 rings (SSSR count). The third-order valence-corrected chi connectivity index (χ3v) is 7.17. The molecule has 2 aromatic carbocycles. The van der Waals surface area contributed by atoms with Crippen molar-refractivity contribution in [3.8, 4) is 0 Å². The molecule has 1 amide bonds. The van der Waals surface area contributed by atoms with Gasteiger partial charge in [-0.15, -0.1) is 0 Å². The van der Waals surface area contributed by atoms with Crippen LogP contribution in [0.2, 0.25) is 0 Å². The zero-order valence-electron chi connectivity index (χ0n) is 19.4. The number of carbonyl (C=O) groups excluding carboxylic acids is 1. The van der Waals surface area contributed by atoms with Crippen LogP contribution in [0.25, 0.3) is 10.9 Å². The van der Waals surface area contributed by atoms with Crippen molar-refractivity contribution in [3.05, 3.63) is 89.1 Å². The Balaban J connectivity index is 1.37. The number of fused-ring (bicyclic) bond motifs is 2. The van der Waals surface area contributed by atoms with Crippen molar-refractivity contribution >= 4 is 34.4 Å². The van der Waals surface area contributed by atoms with Gasteiger partial charge in [-0.25, -0.2) is 19.2 Å². The molecule has 3 aromatic rings. The summed E-state index contributed by atoms with van der Waals surface area (Å²) in [6.45, 7) is 6.57. The maximum Gasteiger partial charge on any atom is 0.410 e. The molecular weight excluding hydrogens is 467 g/mol. The van der Waals surface area contributed by atoms with Crippen molar-refractivity contribution in [3.63, 3.8) is 0 Å². The topological polar surface area (TPSA) is 67.4 Å². The lowest BCUT2D eigenvalue weighted by molar-refractivity contribution is 0.0845. The maximum atomic E-state index is 14.2. The van der Waals surface area contributed by atoms with E-state index in [4.69, 9.17) is 16.3 Å². The van der Waals surface area contributed by atoms with Crippen LogP contribution in [0.5, 0.6) is 0 Å². The van der Waals surface area contributed by atoms with Crippen LogP contribution in [0.3, 0.4) is 0 Å². The quantitative estimate of drug-likeness (QED) is 0.409. The zero-order chi connectivity index (χ0) is 24.6. The lowest BCUT2D eigenvalue weighted by Gasteiger charge is -2.32. The molecule has 2 atom stereocenters. The Morgan fingerprint density at radius 2 is 2.09 bits per heavy atom. The minimum atomic E-state index is -0.618. The average Bonchev–Trinajstić information content (AvgIpc) is 3.62. The number of nitrogens with zero attached hydrogens (tertiary/aromatic N) is 3. The van der Waals surface area contributed by atoms with Crippen LogP contribution in [-0.4, -0.2) is 34.1 Å². The number of hydrogen-bond donors (Lipinski definition) is 1. The highest BCUT2D eigenvalue weighted by molar-refractivity contribution is 6.31. The number of ether oxygens (including phenoxy) is 1. The number of halogens is 2. The van der Waals surface area contributed by atoms with Crippen LogP contribution in [0.4, 0.5) is 15.0 Å². The van der Waals surface area contributed by atoms with E-state index in [1.54, 1.807) is 6.92 Å². The molecule has 2 heterocycles. The molecule has 0 spiro atoms. The molecule has 0 radical (unpaired) electrons. The molecule has 1 aliphatic heterocycles. The van der Waals surface area contributed by atoms with Gasteiger partial charge in [0.2, 0.25) is 0 Å². The van der Waals surface area contributed by atoms with Gasteiger partial charge in [0.25, 0.3) is 0 Å². The normalized spacial score (nSPS) is 21.7. The van der Waals surface area contributed by atoms with Crippen molar-refractivity contribution < 1.29 is 13.9 Å². The molecule has 35 heavy (non-hydrogen) atoms. The minimum absolute atomic E-state index is 0.119. The van der Waals surface area contributed by atoms with Crippen LogP contribution in [0.1, 0.15) is 30.9 Å². The van der Waals surface area contributed by atoms with Crippen molar-refractivity contribution in [2.45, 2.75) is 31.8 Å². The van der Waals surface area contributed by atoms with Gasteiger partial charge in [-0.05, 0) is 48.9 Å². The first kappa shape index (κ1) is 23.3. The van der Waals surface area contributed by atoms with Gasteiger partial charge in [-0.1, -0.05) is 54.6 Å². The predicted octanol–water partition coefficient (Wildman–Crippen LogP) is 6.30. The molecule has 2 unspecified atom stereocenters. The number of aromatic nitrogens is 2. The Kier molecular flexibility index (Phi) is 6.19. The second-order valence-corrected chi connectivity index (χ2v) is 9.69. The Hall–Kier alpha value is -3.45. The molecule has 1 N–H and O–H groups in total. The van der Waals surface area contributed by atoms with Gasteiger partial charge >= 0.3 is 6.09 Å². The molecule has 0 bridgehead atoms. The smallest absolute Gasteiger partial charge is 0.410 e. The monoisotopic (exact) mass is 492 g/mol. The number of allylic oxidation sites excluding steroid dienone is 3. The van der Waals surface area contributed by atoms with Crippen LogP contribution >= 0.6 is 11.6 Å². The largest absolute Gasteiger partial charge is 0.445 e. The third kappa shape index (κ3) is 4.60. The fraction of sp³-hybridized carbons (Fsp3) is 0.296. The fourth-order valence-corrected chi connectivity index (χ4v) is 5.14. The summed E-state index contributed by atoms with van der Waals surface area (Å²) < 4.78 is 19.8. The molecule has 1 saturated heterocycles. The second-order valence-electron chi connectivity index (χ2n) is 9.23. The van der Waals surface area contributed by atoms with Crippen LogP contribution in [-0.2, 0) is 16.8 Å². The molecule has 2 aliphatic rings. The number of rotatable bonds is 6. The van der Waals surface area contributed by atoms with Crippen molar-refractivity contribution in [1.29, 1.82) is 0 Å². The van der Waals surface area contributed by atoms with Gasteiger partial charge in [0.05, 0.1) is 16.2 Å². The van der Waals surface area contributed by atoms with Crippen LogP contribution in [0.15, 0.2) is 78.0 Å². The standard InChI is InChI=1S/C27H26ClFN4O2/c1-17(28)24(29)18(2)32-25-22-12-20(8-9-23(22)30-16-31-25)27-13-21(27)10-11-33(15-27)26(34)35-14-19-6-4-3-5-7-19/h3-9,12,16,21H,1,10-11,13-15H2,2H3,(H,30,31,32)/b24-18-. The number of carbonyl (C=O) groups is 1. The second kappa shape index (κ2) is 9.30. The highest BCUT2D eigenvalue weighted by atomic mass is 35.5. The summed E-state index contributed by atoms with van der Waals surface area (Å²) in [5.74, 6) is 0.385. The molecule has 1 saturated carbocycles. The molecule has 1 aliphatic carbocycles. The van der Waals surface area contributed by atoms with Crippen molar-refractivity contribution in [1.82, 2.24) is 14.9 Å². The summed E-state index contributed by atoms with van der Waals surface area (Å²) in [7, 11) is 0. The number of anilines is 1. The van der Waals surface area contributed by atoms with Gasteiger partial charge in [-0.2, -0.15) is 0 Å². The number of amides is 1. The minimum Gasteiger partial charge on any atom is -0.445 e. The van der Waals surface area contributed by atoms with Gasteiger partial charge < -0.3 is 15.0 Å². The Morgan fingerprint density at radius 1 is 1.29 bits per heavy atom. The summed E-state index contributed by atoms with van der Waals surface area (Å²) in [4.78, 5) is 23.3. The van der Waals surface area contributed by atoms with Crippen LogP contribution < -0.4 is 5.32 Å². The van der Waals surface area contributed by atoms with E-state index in [9.17, 15) is 9.18 Å². The van der Waals surface area contributed by atoms with E-state index in [-0.39, 0.29) is 28.8 Å². The van der Waals surface area contributed by atoms with Gasteiger partial charge in [0.15, 0.2) is 5.83 Å². The summed E-state index contributed by atoms with van der Waals surface area (Å²) in [5, 5.41) is 3.61. The first-order valence-corrected chi connectivity index (χ1v) is 11.9. The van der Waals surface area contributed by atoms with E-state index in [0.717, 1.165) is 34.9 Å². The predicted molar refractivity (Wildman–Crippen MR) is 135 cm³/mol. The van der Waals surface area contributed by atoms with Gasteiger partial charge in [0.1, 0.15) is 18.8 Å².